The molecule has 1 N–H and O–H groups in total. The topological polar surface area (TPSA) is 83.8 Å². The fourth-order valence-corrected chi connectivity index (χ4v) is 4.17. The number of carbonyl (C=O) groups is 1. The number of carbonyl (C=O) groups excluding carboxylic acids is 1. The zero-order valence-corrected chi connectivity index (χ0v) is 18.9. The van der Waals surface area contributed by atoms with E-state index in [0.717, 1.165) is 27.9 Å². The van der Waals surface area contributed by atoms with Crippen LogP contribution in [0.5, 0.6) is 23.0 Å². The molecule has 32 heavy (non-hydrogen) atoms. The zero-order chi connectivity index (χ0) is 22.8. The van der Waals surface area contributed by atoms with Crippen LogP contribution in [0, 0.1) is 0 Å². The van der Waals surface area contributed by atoms with E-state index in [1.807, 2.05) is 37.4 Å². The molecule has 0 saturated carbocycles. The molecule has 0 saturated heterocycles. The van der Waals surface area contributed by atoms with Crippen molar-refractivity contribution in [2.75, 3.05) is 35.0 Å². The number of aromatic nitrogens is 2. The van der Waals surface area contributed by atoms with Crippen LogP contribution in [0.3, 0.4) is 0 Å². The summed E-state index contributed by atoms with van der Waals surface area (Å²) in [6.45, 7) is 0.480. The maximum atomic E-state index is 12.9. The van der Waals surface area contributed by atoms with Gasteiger partial charge in [0.25, 0.3) is 5.91 Å². The molecule has 1 amide bonds. The maximum Gasteiger partial charge on any atom is 0.272 e. The van der Waals surface area contributed by atoms with Crippen LogP contribution in [0.15, 0.2) is 30.3 Å². The number of nitrogens with one attached hydrogen (secondary N) is 1. The molecule has 0 fully saturated rings. The smallest absolute Gasteiger partial charge is 0.272 e. The Morgan fingerprint density at radius 3 is 2.31 bits per heavy atom. The van der Waals surface area contributed by atoms with Gasteiger partial charge in [-0.1, -0.05) is 6.07 Å². The maximum absolute atomic E-state index is 12.9. The summed E-state index contributed by atoms with van der Waals surface area (Å²) in [5.41, 5.74) is 5.44. The van der Waals surface area contributed by atoms with Gasteiger partial charge in [-0.2, -0.15) is 5.10 Å². The number of methoxy groups -OCH3 is 4. The van der Waals surface area contributed by atoms with E-state index in [9.17, 15) is 4.79 Å². The molecular formula is C24H27N3O5. The second-order valence-corrected chi connectivity index (χ2v) is 7.54. The molecule has 0 bridgehead atoms. The molecule has 0 unspecified atom stereocenters. The SMILES string of the molecule is COc1ccc(CCNC(=O)c2nn(C)c3c2Cc2cc(OC)c(OC)cc2-3)cc1OC. The first-order valence-electron chi connectivity index (χ1n) is 10.3. The van der Waals surface area contributed by atoms with E-state index < -0.39 is 0 Å². The Labute approximate surface area is 187 Å². The summed E-state index contributed by atoms with van der Waals surface area (Å²) < 4.78 is 23.3. The first kappa shape index (κ1) is 21.5. The lowest BCUT2D eigenvalue weighted by Gasteiger charge is -2.11. The van der Waals surface area contributed by atoms with Crippen molar-refractivity contribution in [1.82, 2.24) is 15.1 Å². The van der Waals surface area contributed by atoms with Gasteiger partial charge in [0.2, 0.25) is 0 Å². The van der Waals surface area contributed by atoms with Crippen LogP contribution < -0.4 is 24.3 Å². The average molecular weight is 437 g/mol. The molecule has 1 aromatic heterocycles. The standard InChI is InChI=1S/C24H27N3O5/c1-27-23-16-13-21(32-5)20(31-4)12-15(16)11-17(23)22(26-27)24(28)25-9-8-14-6-7-18(29-2)19(10-14)30-3/h6-7,10,12-13H,8-9,11H2,1-5H3,(H,25,28). The fourth-order valence-electron chi connectivity index (χ4n) is 4.17. The summed E-state index contributed by atoms with van der Waals surface area (Å²) in [6, 6.07) is 9.65. The summed E-state index contributed by atoms with van der Waals surface area (Å²) in [5.74, 6) is 2.49. The number of hydrogen-bond acceptors (Lipinski definition) is 6. The quantitative estimate of drug-likeness (QED) is 0.456. The minimum Gasteiger partial charge on any atom is -0.493 e. The van der Waals surface area contributed by atoms with Crippen molar-refractivity contribution in [2.24, 2.45) is 7.05 Å². The third-order valence-corrected chi connectivity index (χ3v) is 5.74. The van der Waals surface area contributed by atoms with Crippen LogP contribution in [0.25, 0.3) is 11.3 Å². The summed E-state index contributed by atoms with van der Waals surface area (Å²) in [6.07, 6.45) is 1.28. The summed E-state index contributed by atoms with van der Waals surface area (Å²) in [4.78, 5) is 12.9. The third kappa shape index (κ3) is 3.72. The lowest BCUT2D eigenvalue weighted by molar-refractivity contribution is 0.0947. The fraction of sp³-hybridized carbons (Fsp3) is 0.333. The first-order valence-corrected chi connectivity index (χ1v) is 10.3. The van der Waals surface area contributed by atoms with Gasteiger partial charge in [0.1, 0.15) is 0 Å². The molecule has 1 aliphatic rings. The number of fused-ring (bicyclic) bond motifs is 3. The zero-order valence-electron chi connectivity index (χ0n) is 18.9. The van der Waals surface area contributed by atoms with Crippen LogP contribution >= 0.6 is 0 Å². The van der Waals surface area contributed by atoms with E-state index in [1.165, 1.54) is 0 Å². The number of nitrogens with zero attached hydrogens (tertiary/aromatic N) is 2. The second-order valence-electron chi connectivity index (χ2n) is 7.54. The van der Waals surface area contributed by atoms with Crippen LogP contribution in [0.4, 0.5) is 0 Å². The number of rotatable bonds is 8. The second kappa shape index (κ2) is 8.82. The van der Waals surface area contributed by atoms with Gasteiger partial charge in [-0.05, 0) is 41.8 Å². The molecule has 3 aromatic rings. The third-order valence-electron chi connectivity index (χ3n) is 5.74. The normalized spacial score (nSPS) is 11.5. The summed E-state index contributed by atoms with van der Waals surface area (Å²) in [7, 11) is 8.29. The van der Waals surface area contributed by atoms with E-state index in [1.54, 1.807) is 33.1 Å². The van der Waals surface area contributed by atoms with Gasteiger partial charge in [-0.25, -0.2) is 0 Å². The van der Waals surface area contributed by atoms with Gasteiger partial charge < -0.3 is 24.3 Å². The lowest BCUT2D eigenvalue weighted by atomic mass is 10.1. The van der Waals surface area contributed by atoms with Gasteiger partial charge in [-0.3, -0.25) is 9.48 Å². The minimum absolute atomic E-state index is 0.186. The Morgan fingerprint density at radius 2 is 1.62 bits per heavy atom. The number of aryl methyl sites for hydroxylation is 1. The van der Waals surface area contributed by atoms with Crippen molar-refractivity contribution in [3.8, 4) is 34.3 Å². The van der Waals surface area contributed by atoms with Crippen molar-refractivity contribution < 1.29 is 23.7 Å². The predicted molar refractivity (Wildman–Crippen MR) is 120 cm³/mol. The molecule has 1 aliphatic carbocycles. The van der Waals surface area contributed by atoms with E-state index in [4.69, 9.17) is 18.9 Å². The average Bonchev–Trinajstić information content (AvgIpc) is 3.34. The molecule has 0 aliphatic heterocycles. The van der Waals surface area contributed by atoms with E-state index in [-0.39, 0.29) is 5.91 Å². The Balaban J connectivity index is 1.50. The van der Waals surface area contributed by atoms with Crippen molar-refractivity contribution >= 4 is 5.91 Å². The van der Waals surface area contributed by atoms with Crippen molar-refractivity contribution in [3.63, 3.8) is 0 Å². The van der Waals surface area contributed by atoms with Crippen LogP contribution in [-0.2, 0) is 19.9 Å². The molecule has 0 spiro atoms. The van der Waals surface area contributed by atoms with Gasteiger partial charge in [0, 0.05) is 31.1 Å². The van der Waals surface area contributed by atoms with Crippen molar-refractivity contribution in [2.45, 2.75) is 12.8 Å². The molecule has 0 atom stereocenters. The van der Waals surface area contributed by atoms with Crippen LogP contribution in [0.1, 0.15) is 27.2 Å². The highest BCUT2D eigenvalue weighted by Gasteiger charge is 2.30. The predicted octanol–water partition coefficient (Wildman–Crippen LogP) is 3.00. The first-order chi connectivity index (χ1) is 15.5. The summed E-state index contributed by atoms with van der Waals surface area (Å²) >= 11 is 0. The molecule has 168 valence electrons. The Bertz CT molecular complexity index is 1170. The van der Waals surface area contributed by atoms with Crippen molar-refractivity contribution in [3.05, 3.63) is 52.7 Å². The van der Waals surface area contributed by atoms with Crippen LogP contribution in [0.2, 0.25) is 0 Å². The number of hydrogen-bond donors (Lipinski definition) is 1. The van der Waals surface area contributed by atoms with Gasteiger partial charge in [0.15, 0.2) is 28.7 Å². The molecule has 8 heteroatoms. The van der Waals surface area contributed by atoms with Gasteiger partial charge in [0.05, 0.1) is 34.1 Å². The Morgan fingerprint density at radius 1 is 0.969 bits per heavy atom. The Kier molecular flexibility index (Phi) is 5.94. The Hall–Kier alpha value is -3.68. The highest BCUT2D eigenvalue weighted by Crippen LogP contribution is 2.43. The van der Waals surface area contributed by atoms with Gasteiger partial charge >= 0.3 is 0 Å². The van der Waals surface area contributed by atoms with Gasteiger partial charge in [-0.15, -0.1) is 0 Å². The molecule has 8 nitrogen and oxygen atoms in total. The lowest BCUT2D eigenvalue weighted by Crippen LogP contribution is -2.27. The monoisotopic (exact) mass is 437 g/mol. The number of ether oxygens (including phenoxy) is 4. The largest absolute Gasteiger partial charge is 0.493 e. The highest BCUT2D eigenvalue weighted by molar-refractivity contribution is 5.97. The van der Waals surface area contributed by atoms with E-state index in [2.05, 4.69) is 10.4 Å². The van der Waals surface area contributed by atoms with Crippen molar-refractivity contribution in [1.29, 1.82) is 0 Å². The molecular weight excluding hydrogens is 410 g/mol. The minimum atomic E-state index is -0.186. The molecule has 0 radical (unpaired) electrons. The van der Waals surface area contributed by atoms with Crippen LogP contribution in [-0.4, -0.2) is 50.7 Å². The number of benzene rings is 2. The molecule has 4 rings (SSSR count). The van der Waals surface area contributed by atoms with E-state index in [0.29, 0.717) is 48.1 Å². The number of amides is 1. The molecule has 2 aromatic carbocycles. The summed E-state index contributed by atoms with van der Waals surface area (Å²) in [5, 5.41) is 7.49. The molecule has 1 heterocycles. The van der Waals surface area contributed by atoms with E-state index >= 15 is 0 Å². The highest BCUT2D eigenvalue weighted by atomic mass is 16.5.